The fraction of sp³-hybridized carbons (Fsp3) is 0.250. The van der Waals surface area contributed by atoms with Crippen LogP contribution in [-0.4, -0.2) is 36.8 Å². The van der Waals surface area contributed by atoms with E-state index in [1.54, 1.807) is 20.1 Å². The lowest BCUT2D eigenvalue weighted by molar-refractivity contribution is 0.0605. The van der Waals surface area contributed by atoms with Crippen molar-refractivity contribution in [3.05, 3.63) is 50.4 Å². The number of nitrogens with zero attached hydrogens (tertiary/aromatic N) is 1. The number of hydrogen-bond acceptors (Lipinski definition) is 7. The number of aromatic amines is 1. The molecule has 7 nitrogen and oxygen atoms in total. The largest absolute Gasteiger partial charge is 0.493 e. The Bertz CT molecular complexity index is 1110. The maximum atomic E-state index is 12.5. The van der Waals surface area contributed by atoms with Crippen LogP contribution in [0.5, 0.6) is 11.5 Å². The second-order valence-electron chi connectivity index (χ2n) is 5.86. The number of benzene rings is 1. The molecule has 0 aliphatic carbocycles. The molecule has 2 heterocycles. The lowest BCUT2D eigenvalue weighted by Gasteiger charge is -2.09. The quantitative estimate of drug-likeness (QED) is 0.635. The van der Waals surface area contributed by atoms with Crippen molar-refractivity contribution in [2.75, 3.05) is 20.8 Å². The van der Waals surface area contributed by atoms with Crippen LogP contribution in [-0.2, 0) is 4.74 Å². The number of thiophene rings is 1. The van der Waals surface area contributed by atoms with Gasteiger partial charge in [0, 0.05) is 0 Å². The number of esters is 1. The van der Waals surface area contributed by atoms with Crippen molar-refractivity contribution < 1.29 is 19.0 Å². The minimum Gasteiger partial charge on any atom is -0.493 e. The average molecular weight is 400 g/mol. The third-order valence-corrected chi connectivity index (χ3v) is 5.28. The lowest BCUT2D eigenvalue weighted by Crippen LogP contribution is -2.09. The normalized spacial score (nSPS) is 11.1. The first-order chi connectivity index (χ1) is 13.5. The van der Waals surface area contributed by atoms with Crippen molar-refractivity contribution in [2.45, 2.75) is 13.8 Å². The van der Waals surface area contributed by atoms with Gasteiger partial charge in [-0.1, -0.05) is 12.1 Å². The van der Waals surface area contributed by atoms with Crippen molar-refractivity contribution in [2.24, 2.45) is 0 Å². The minimum absolute atomic E-state index is 0.293. The van der Waals surface area contributed by atoms with Crippen LogP contribution >= 0.6 is 11.3 Å². The Morgan fingerprint density at radius 1 is 1.25 bits per heavy atom. The van der Waals surface area contributed by atoms with Crippen molar-refractivity contribution in [3.63, 3.8) is 0 Å². The molecule has 146 valence electrons. The Kier molecular flexibility index (Phi) is 5.79. The monoisotopic (exact) mass is 400 g/mol. The van der Waals surface area contributed by atoms with E-state index in [1.165, 1.54) is 7.11 Å². The molecule has 1 aromatic carbocycles. The molecule has 0 aliphatic rings. The lowest BCUT2D eigenvalue weighted by atomic mass is 10.2. The number of fused-ring (bicyclic) bond motifs is 1. The molecule has 0 amide bonds. The fourth-order valence-corrected chi connectivity index (χ4v) is 3.87. The Morgan fingerprint density at radius 2 is 2.04 bits per heavy atom. The summed E-state index contributed by atoms with van der Waals surface area (Å²) in [5.74, 6) is 1.21. The van der Waals surface area contributed by atoms with Crippen LogP contribution in [0.4, 0.5) is 0 Å². The minimum atomic E-state index is -0.473. The van der Waals surface area contributed by atoms with Gasteiger partial charge in [0.15, 0.2) is 11.5 Å². The molecule has 0 atom stereocenters. The van der Waals surface area contributed by atoms with Gasteiger partial charge < -0.3 is 19.2 Å². The highest BCUT2D eigenvalue weighted by atomic mass is 32.1. The zero-order chi connectivity index (χ0) is 20.3. The zero-order valence-electron chi connectivity index (χ0n) is 16.0. The first-order valence-corrected chi connectivity index (χ1v) is 9.40. The zero-order valence-corrected chi connectivity index (χ0v) is 16.8. The maximum Gasteiger partial charge on any atom is 0.348 e. The summed E-state index contributed by atoms with van der Waals surface area (Å²) in [5.41, 5.74) is 1.15. The van der Waals surface area contributed by atoms with E-state index >= 15 is 0 Å². The third-order valence-electron chi connectivity index (χ3n) is 4.11. The summed E-state index contributed by atoms with van der Waals surface area (Å²) in [5, 5.41) is 0.408. The Morgan fingerprint density at radius 3 is 2.71 bits per heavy atom. The number of carbonyl (C=O) groups is 1. The average Bonchev–Trinajstić information content (AvgIpc) is 3.03. The van der Waals surface area contributed by atoms with Gasteiger partial charge >= 0.3 is 5.97 Å². The third kappa shape index (κ3) is 3.77. The number of methoxy groups -OCH3 is 2. The number of H-pyrrole nitrogens is 1. The van der Waals surface area contributed by atoms with E-state index in [-0.39, 0.29) is 5.56 Å². The van der Waals surface area contributed by atoms with E-state index in [1.807, 2.05) is 31.2 Å². The Labute approximate surface area is 165 Å². The molecule has 0 aliphatic heterocycles. The summed E-state index contributed by atoms with van der Waals surface area (Å²) < 4.78 is 15.6. The van der Waals surface area contributed by atoms with Gasteiger partial charge in [-0.2, -0.15) is 0 Å². The van der Waals surface area contributed by atoms with Crippen molar-refractivity contribution in [1.29, 1.82) is 0 Å². The Balaban J connectivity index is 1.97. The van der Waals surface area contributed by atoms with Crippen LogP contribution in [0, 0.1) is 6.92 Å². The van der Waals surface area contributed by atoms with Crippen LogP contribution in [0.25, 0.3) is 22.4 Å². The van der Waals surface area contributed by atoms with Crippen molar-refractivity contribution >= 4 is 39.7 Å². The molecule has 0 unspecified atom stereocenters. The van der Waals surface area contributed by atoms with Crippen molar-refractivity contribution in [1.82, 2.24) is 9.97 Å². The van der Waals surface area contributed by atoms with E-state index in [9.17, 15) is 9.59 Å². The van der Waals surface area contributed by atoms with Gasteiger partial charge in [-0.3, -0.25) is 4.79 Å². The number of aromatic nitrogens is 2. The van der Waals surface area contributed by atoms with E-state index < -0.39 is 5.97 Å². The number of rotatable bonds is 6. The van der Waals surface area contributed by atoms with E-state index in [2.05, 4.69) is 9.97 Å². The van der Waals surface area contributed by atoms with Crippen LogP contribution in [0.3, 0.4) is 0 Å². The number of nitrogens with one attached hydrogen (secondary N) is 1. The standard InChI is InChI=1S/C20H20N2O5S/c1-5-27-14-10-12(6-8-13(14)25-3)7-9-15-21-18(23)16-11(2)17(20(24)26-4)28-19(16)22-15/h6-10H,5H2,1-4H3,(H,21,22,23)/b9-7+. The highest BCUT2D eigenvalue weighted by Gasteiger charge is 2.19. The highest BCUT2D eigenvalue weighted by Crippen LogP contribution is 2.29. The van der Waals surface area contributed by atoms with Crippen LogP contribution in [0.15, 0.2) is 23.0 Å². The van der Waals surface area contributed by atoms with Gasteiger partial charge in [-0.05, 0) is 43.2 Å². The predicted octanol–water partition coefficient (Wildman–Crippen LogP) is 3.66. The summed E-state index contributed by atoms with van der Waals surface area (Å²) in [7, 11) is 2.90. The molecule has 8 heteroatoms. The van der Waals surface area contributed by atoms with Gasteiger partial charge in [0.1, 0.15) is 15.5 Å². The van der Waals surface area contributed by atoms with Crippen LogP contribution < -0.4 is 15.0 Å². The van der Waals surface area contributed by atoms with Crippen molar-refractivity contribution in [3.8, 4) is 11.5 Å². The van der Waals surface area contributed by atoms with Gasteiger partial charge in [-0.25, -0.2) is 9.78 Å². The smallest absolute Gasteiger partial charge is 0.348 e. The molecule has 28 heavy (non-hydrogen) atoms. The van der Waals surface area contributed by atoms with Crippen LogP contribution in [0.2, 0.25) is 0 Å². The molecular formula is C20H20N2O5S. The molecule has 0 spiro atoms. The topological polar surface area (TPSA) is 90.5 Å². The number of hydrogen-bond donors (Lipinski definition) is 1. The van der Waals surface area contributed by atoms with E-state index in [0.717, 1.165) is 16.9 Å². The highest BCUT2D eigenvalue weighted by molar-refractivity contribution is 7.20. The maximum absolute atomic E-state index is 12.5. The van der Waals surface area contributed by atoms with E-state index in [0.29, 0.717) is 44.6 Å². The van der Waals surface area contributed by atoms with Gasteiger partial charge in [0.2, 0.25) is 0 Å². The molecule has 0 bridgehead atoms. The molecule has 3 rings (SSSR count). The summed E-state index contributed by atoms with van der Waals surface area (Å²) in [6, 6.07) is 5.54. The number of ether oxygens (including phenoxy) is 3. The SMILES string of the molecule is CCOc1cc(/C=C/c2nc3sc(C(=O)OC)c(C)c3c(=O)[nH]2)ccc1OC. The van der Waals surface area contributed by atoms with Gasteiger partial charge in [-0.15, -0.1) is 11.3 Å². The molecule has 0 saturated carbocycles. The second-order valence-corrected chi connectivity index (χ2v) is 6.85. The molecule has 3 aromatic rings. The molecule has 1 N–H and O–H groups in total. The van der Waals surface area contributed by atoms with Gasteiger partial charge in [0.25, 0.3) is 5.56 Å². The molecule has 2 aromatic heterocycles. The summed E-state index contributed by atoms with van der Waals surface area (Å²) in [4.78, 5) is 32.4. The summed E-state index contributed by atoms with van der Waals surface area (Å²) in [6.07, 6.45) is 3.51. The fourth-order valence-electron chi connectivity index (χ4n) is 2.77. The summed E-state index contributed by atoms with van der Waals surface area (Å²) in [6.45, 7) is 4.14. The number of carbonyl (C=O) groups excluding carboxylic acids is 1. The molecule has 0 radical (unpaired) electrons. The number of aryl methyl sites for hydroxylation is 1. The predicted molar refractivity (Wildman–Crippen MR) is 109 cm³/mol. The van der Waals surface area contributed by atoms with Gasteiger partial charge in [0.05, 0.1) is 26.2 Å². The van der Waals surface area contributed by atoms with E-state index in [4.69, 9.17) is 14.2 Å². The molecular weight excluding hydrogens is 380 g/mol. The first-order valence-electron chi connectivity index (χ1n) is 8.59. The second kappa shape index (κ2) is 8.26. The molecule has 0 saturated heterocycles. The first kappa shape index (κ1) is 19.6. The molecule has 0 fully saturated rings. The summed E-state index contributed by atoms with van der Waals surface area (Å²) >= 11 is 1.14. The Hall–Kier alpha value is -3.13. The van der Waals surface area contributed by atoms with Crippen LogP contribution in [0.1, 0.15) is 33.5 Å².